The molecule has 1 aromatic heterocycles. The van der Waals surface area contributed by atoms with E-state index in [1.54, 1.807) is 20.8 Å². The minimum Gasteiger partial charge on any atom is -0.466 e. The Kier molecular flexibility index (Phi) is 3.45. The summed E-state index contributed by atoms with van der Waals surface area (Å²) in [4.78, 5) is 0. The molecule has 1 atom stereocenters. The number of furan rings is 1. The molecule has 0 spiro atoms. The highest BCUT2D eigenvalue weighted by molar-refractivity contribution is 5.40. The second-order valence-electron chi connectivity index (χ2n) is 4.78. The number of aliphatic hydroxyl groups excluding tert-OH is 1. The van der Waals surface area contributed by atoms with Crippen molar-refractivity contribution in [2.45, 2.75) is 33.8 Å². The normalized spacial score (nSPS) is 12.8. The van der Waals surface area contributed by atoms with Crippen molar-refractivity contribution >= 4 is 0 Å². The summed E-state index contributed by atoms with van der Waals surface area (Å²) in [5.74, 6) is -0.145. The van der Waals surface area contributed by atoms with Gasteiger partial charge in [-0.25, -0.2) is 8.78 Å². The van der Waals surface area contributed by atoms with Gasteiger partial charge < -0.3 is 9.52 Å². The molecule has 0 saturated carbocycles. The zero-order chi connectivity index (χ0) is 14.3. The molecule has 102 valence electrons. The van der Waals surface area contributed by atoms with Gasteiger partial charge in [-0.05, 0) is 44.9 Å². The van der Waals surface area contributed by atoms with Crippen LogP contribution in [0.15, 0.2) is 16.5 Å². The monoisotopic (exact) mass is 266 g/mol. The van der Waals surface area contributed by atoms with Crippen molar-refractivity contribution in [2.24, 2.45) is 0 Å². The quantitative estimate of drug-likeness (QED) is 0.895. The molecule has 0 saturated heterocycles. The van der Waals surface area contributed by atoms with Crippen molar-refractivity contribution in [3.05, 3.63) is 57.5 Å². The predicted molar refractivity (Wildman–Crippen MR) is 68.1 cm³/mol. The van der Waals surface area contributed by atoms with Gasteiger partial charge in [-0.3, -0.25) is 0 Å². The van der Waals surface area contributed by atoms with Crippen LogP contribution < -0.4 is 0 Å². The van der Waals surface area contributed by atoms with E-state index in [-0.39, 0.29) is 5.56 Å². The third kappa shape index (κ3) is 2.28. The van der Waals surface area contributed by atoms with Gasteiger partial charge in [0.05, 0.1) is 0 Å². The number of rotatable bonds is 2. The van der Waals surface area contributed by atoms with Crippen LogP contribution in [0.1, 0.15) is 39.9 Å². The van der Waals surface area contributed by atoms with Gasteiger partial charge in [0.2, 0.25) is 0 Å². The topological polar surface area (TPSA) is 33.4 Å². The molecule has 0 aliphatic heterocycles. The Balaban J connectivity index is 2.56. The van der Waals surface area contributed by atoms with E-state index >= 15 is 0 Å². The molecule has 2 nitrogen and oxygen atoms in total. The van der Waals surface area contributed by atoms with Crippen LogP contribution in [0.25, 0.3) is 0 Å². The molecule has 1 unspecified atom stereocenters. The highest BCUT2D eigenvalue weighted by atomic mass is 19.1. The maximum atomic E-state index is 13.8. The van der Waals surface area contributed by atoms with E-state index in [2.05, 4.69) is 0 Å². The van der Waals surface area contributed by atoms with E-state index in [1.165, 1.54) is 13.0 Å². The summed E-state index contributed by atoms with van der Waals surface area (Å²) in [6.45, 7) is 6.83. The van der Waals surface area contributed by atoms with Crippen LogP contribution >= 0.6 is 0 Å². The van der Waals surface area contributed by atoms with Gasteiger partial charge in [-0.2, -0.15) is 0 Å². The highest BCUT2D eigenvalue weighted by Crippen LogP contribution is 2.33. The molecule has 0 aliphatic rings. The summed E-state index contributed by atoms with van der Waals surface area (Å²) in [7, 11) is 0. The Morgan fingerprint density at radius 2 is 1.63 bits per heavy atom. The first-order valence-electron chi connectivity index (χ1n) is 6.03. The zero-order valence-corrected chi connectivity index (χ0v) is 11.3. The lowest BCUT2D eigenvalue weighted by Crippen LogP contribution is -2.06. The van der Waals surface area contributed by atoms with Crippen molar-refractivity contribution in [3.63, 3.8) is 0 Å². The molecule has 4 heteroatoms. The zero-order valence-electron chi connectivity index (χ0n) is 11.3. The fourth-order valence-electron chi connectivity index (χ4n) is 2.26. The summed E-state index contributed by atoms with van der Waals surface area (Å²) in [5, 5.41) is 10.3. The largest absolute Gasteiger partial charge is 0.466 e. The summed E-state index contributed by atoms with van der Waals surface area (Å²) in [6.07, 6.45) is -1.16. The fraction of sp³-hybridized carbons (Fsp3) is 0.333. The molecule has 1 aromatic carbocycles. The average Bonchev–Trinajstić information content (AvgIpc) is 2.57. The van der Waals surface area contributed by atoms with Gasteiger partial charge >= 0.3 is 0 Å². The van der Waals surface area contributed by atoms with Crippen molar-refractivity contribution in [3.8, 4) is 0 Å². The van der Waals surface area contributed by atoms with Gasteiger partial charge in [0, 0.05) is 17.2 Å². The molecule has 2 aromatic rings. The molecule has 2 rings (SSSR count). The van der Waals surface area contributed by atoms with E-state index in [0.29, 0.717) is 22.6 Å². The minimum absolute atomic E-state index is 0.0610. The van der Waals surface area contributed by atoms with Gasteiger partial charge in [0.15, 0.2) is 0 Å². The predicted octanol–water partition coefficient (Wildman–Crippen LogP) is 3.87. The number of aliphatic hydroxyl groups is 1. The molecule has 1 heterocycles. The second-order valence-corrected chi connectivity index (χ2v) is 4.78. The molecule has 0 radical (unpaired) electrons. The summed E-state index contributed by atoms with van der Waals surface area (Å²) < 4.78 is 32.5. The summed E-state index contributed by atoms with van der Waals surface area (Å²) in [5.41, 5.74) is 1.69. The molecule has 19 heavy (non-hydrogen) atoms. The molecule has 0 aliphatic carbocycles. The van der Waals surface area contributed by atoms with Crippen LogP contribution in [-0.2, 0) is 0 Å². The Hall–Kier alpha value is -1.68. The Labute approximate surface area is 110 Å². The molecule has 1 N–H and O–H groups in total. The average molecular weight is 266 g/mol. The number of halogens is 2. The van der Waals surface area contributed by atoms with Crippen LogP contribution in [-0.4, -0.2) is 5.11 Å². The Morgan fingerprint density at radius 3 is 2.16 bits per heavy atom. The maximum absolute atomic E-state index is 13.8. The van der Waals surface area contributed by atoms with Crippen molar-refractivity contribution < 1.29 is 18.3 Å². The SMILES string of the molecule is Cc1cc(C(O)c2c(C)oc(C)c2C)c(F)cc1F. The molecule has 0 amide bonds. The van der Waals surface area contributed by atoms with Crippen LogP contribution in [0.4, 0.5) is 8.78 Å². The van der Waals surface area contributed by atoms with E-state index in [4.69, 9.17) is 4.42 Å². The third-order valence-electron chi connectivity index (χ3n) is 3.46. The van der Waals surface area contributed by atoms with Crippen LogP contribution in [0.3, 0.4) is 0 Å². The third-order valence-corrected chi connectivity index (χ3v) is 3.46. The van der Waals surface area contributed by atoms with Crippen molar-refractivity contribution in [2.75, 3.05) is 0 Å². The maximum Gasteiger partial charge on any atom is 0.132 e. The van der Waals surface area contributed by atoms with Gasteiger partial charge in [-0.15, -0.1) is 0 Å². The van der Waals surface area contributed by atoms with E-state index < -0.39 is 17.7 Å². The Bertz CT molecular complexity index is 630. The van der Waals surface area contributed by atoms with Gasteiger partial charge in [0.25, 0.3) is 0 Å². The van der Waals surface area contributed by atoms with E-state index in [9.17, 15) is 13.9 Å². The molecular weight excluding hydrogens is 250 g/mol. The molecular formula is C15H16F2O2. The highest BCUT2D eigenvalue weighted by Gasteiger charge is 2.23. The molecule has 0 fully saturated rings. The minimum atomic E-state index is -1.16. The van der Waals surface area contributed by atoms with Crippen LogP contribution in [0.5, 0.6) is 0 Å². The van der Waals surface area contributed by atoms with Gasteiger partial charge in [-0.1, -0.05) is 0 Å². The Morgan fingerprint density at radius 1 is 1.00 bits per heavy atom. The smallest absolute Gasteiger partial charge is 0.132 e. The molecule has 0 bridgehead atoms. The first kappa shape index (κ1) is 13.7. The lowest BCUT2D eigenvalue weighted by molar-refractivity contribution is 0.211. The van der Waals surface area contributed by atoms with Crippen molar-refractivity contribution in [1.29, 1.82) is 0 Å². The first-order chi connectivity index (χ1) is 8.82. The van der Waals surface area contributed by atoms with E-state index in [0.717, 1.165) is 11.6 Å². The number of hydrogen-bond donors (Lipinski definition) is 1. The fourth-order valence-corrected chi connectivity index (χ4v) is 2.26. The van der Waals surface area contributed by atoms with E-state index in [1.807, 2.05) is 0 Å². The van der Waals surface area contributed by atoms with Crippen LogP contribution in [0.2, 0.25) is 0 Å². The first-order valence-corrected chi connectivity index (χ1v) is 6.03. The van der Waals surface area contributed by atoms with Crippen LogP contribution in [0, 0.1) is 39.3 Å². The lowest BCUT2D eigenvalue weighted by atomic mass is 9.96. The summed E-state index contributed by atoms with van der Waals surface area (Å²) in [6, 6.07) is 2.13. The number of benzene rings is 1. The standard InChI is InChI=1S/C15H16F2O2/c1-7-5-11(13(17)6-12(7)16)15(18)14-8(2)9(3)19-10(14)4/h5-6,15,18H,1-4H3. The number of hydrogen-bond acceptors (Lipinski definition) is 2. The second kappa shape index (κ2) is 4.78. The lowest BCUT2D eigenvalue weighted by Gasteiger charge is -2.14. The summed E-state index contributed by atoms with van der Waals surface area (Å²) >= 11 is 0. The van der Waals surface area contributed by atoms with Gasteiger partial charge in [0.1, 0.15) is 29.3 Å². The number of aryl methyl sites for hydroxylation is 3. The van der Waals surface area contributed by atoms with Crippen molar-refractivity contribution in [1.82, 2.24) is 0 Å².